The van der Waals surface area contributed by atoms with Crippen LogP contribution in [0.15, 0.2) is 5.29 Å². The molecule has 8 heteroatoms. The Morgan fingerprint density at radius 1 is 1.59 bits per heavy atom. The van der Waals surface area contributed by atoms with E-state index in [0.717, 1.165) is 12.8 Å². The molecule has 7 nitrogen and oxygen atoms in total. The third-order valence-electron chi connectivity index (χ3n) is 2.46. The summed E-state index contributed by atoms with van der Waals surface area (Å²) >= 11 is 5.42. The number of hydrogen-bond acceptors (Lipinski definition) is 4. The number of urea groups is 1. The van der Waals surface area contributed by atoms with Gasteiger partial charge in [-0.1, -0.05) is 0 Å². The molecular weight excluding hydrogens is 248 g/mol. The number of alkyl halides is 1. The van der Waals surface area contributed by atoms with E-state index in [1.807, 2.05) is 0 Å². The molecule has 17 heavy (non-hydrogen) atoms. The van der Waals surface area contributed by atoms with Gasteiger partial charge in [0.2, 0.25) is 5.91 Å². The van der Waals surface area contributed by atoms with Gasteiger partial charge in [0.15, 0.2) is 0 Å². The maximum Gasteiger partial charge on any atom is 0.341 e. The van der Waals surface area contributed by atoms with Crippen molar-refractivity contribution in [3.05, 3.63) is 4.91 Å². The quantitative estimate of drug-likeness (QED) is 0.441. The van der Waals surface area contributed by atoms with Gasteiger partial charge in [-0.25, -0.2) is 4.79 Å². The third kappa shape index (κ3) is 4.18. The SMILES string of the molecule is O=NN(CCCl)C(=O)N[C@H]1CCCCNC1=O. The van der Waals surface area contributed by atoms with Gasteiger partial charge in [-0.15, -0.1) is 16.5 Å². The molecule has 1 saturated heterocycles. The maximum absolute atomic E-state index is 11.6. The van der Waals surface area contributed by atoms with Gasteiger partial charge in [0.25, 0.3) is 0 Å². The van der Waals surface area contributed by atoms with Gasteiger partial charge in [-0.3, -0.25) is 4.79 Å². The lowest BCUT2D eigenvalue weighted by Gasteiger charge is -2.18. The molecule has 1 rings (SSSR count). The van der Waals surface area contributed by atoms with E-state index in [9.17, 15) is 14.5 Å². The van der Waals surface area contributed by atoms with Gasteiger partial charge < -0.3 is 10.6 Å². The molecule has 1 fully saturated rings. The normalized spacial score (nSPS) is 20.1. The highest BCUT2D eigenvalue weighted by Gasteiger charge is 2.24. The van der Waals surface area contributed by atoms with Crippen LogP contribution in [0.25, 0.3) is 0 Å². The smallest absolute Gasteiger partial charge is 0.341 e. The molecule has 3 amide bonds. The largest absolute Gasteiger partial charge is 0.354 e. The molecule has 2 N–H and O–H groups in total. The molecule has 0 aromatic rings. The zero-order valence-electron chi connectivity index (χ0n) is 9.32. The van der Waals surface area contributed by atoms with Crippen molar-refractivity contribution >= 4 is 23.5 Å². The number of rotatable bonds is 4. The Balaban J connectivity index is 2.53. The summed E-state index contributed by atoms with van der Waals surface area (Å²) in [6.07, 6.45) is 2.29. The van der Waals surface area contributed by atoms with Crippen molar-refractivity contribution in [3.63, 3.8) is 0 Å². The number of carbonyl (C=O) groups excluding carboxylic acids is 2. The van der Waals surface area contributed by atoms with Crippen LogP contribution in [0.3, 0.4) is 0 Å². The minimum absolute atomic E-state index is 0.0191. The van der Waals surface area contributed by atoms with Gasteiger partial charge >= 0.3 is 6.03 Å². The number of nitrogens with zero attached hydrogens (tertiary/aromatic N) is 2. The van der Waals surface area contributed by atoms with E-state index in [1.165, 1.54) is 0 Å². The molecule has 0 saturated carbocycles. The highest BCUT2D eigenvalue weighted by Crippen LogP contribution is 2.06. The summed E-state index contributed by atoms with van der Waals surface area (Å²) in [5.74, 6) is -0.122. The Labute approximate surface area is 104 Å². The number of hydrogen-bond donors (Lipinski definition) is 2. The van der Waals surface area contributed by atoms with Gasteiger partial charge in [0.1, 0.15) is 6.04 Å². The number of carbonyl (C=O) groups is 2. The van der Waals surface area contributed by atoms with Crippen LogP contribution in [0.2, 0.25) is 0 Å². The summed E-state index contributed by atoms with van der Waals surface area (Å²) in [6, 6.07) is -1.30. The molecular formula is C9H15ClN4O3. The number of nitroso groups, excluding NO2 is 1. The van der Waals surface area contributed by atoms with Gasteiger partial charge in [0, 0.05) is 12.4 Å². The Morgan fingerprint density at radius 2 is 2.35 bits per heavy atom. The molecule has 96 valence electrons. The summed E-state index contributed by atoms with van der Waals surface area (Å²) < 4.78 is 0. The van der Waals surface area contributed by atoms with Crippen LogP contribution < -0.4 is 10.6 Å². The van der Waals surface area contributed by atoms with E-state index < -0.39 is 12.1 Å². The Morgan fingerprint density at radius 3 is 3.00 bits per heavy atom. The maximum atomic E-state index is 11.6. The van der Waals surface area contributed by atoms with Crippen LogP contribution in [0.1, 0.15) is 19.3 Å². The van der Waals surface area contributed by atoms with Crippen molar-refractivity contribution in [1.82, 2.24) is 15.6 Å². The van der Waals surface area contributed by atoms with Crippen molar-refractivity contribution < 1.29 is 9.59 Å². The molecule has 0 radical (unpaired) electrons. The summed E-state index contributed by atoms with van der Waals surface area (Å²) in [4.78, 5) is 33.5. The molecule has 1 aliphatic heterocycles. The van der Waals surface area contributed by atoms with Crippen LogP contribution in [0, 0.1) is 4.91 Å². The van der Waals surface area contributed by atoms with Gasteiger partial charge in [-0.05, 0) is 19.3 Å². The monoisotopic (exact) mass is 262 g/mol. The molecule has 1 aliphatic rings. The van der Waals surface area contributed by atoms with Crippen LogP contribution >= 0.6 is 11.6 Å². The van der Waals surface area contributed by atoms with E-state index in [2.05, 4.69) is 15.9 Å². The fourth-order valence-corrected chi connectivity index (χ4v) is 1.72. The summed E-state index contributed by atoms with van der Waals surface area (Å²) in [5.41, 5.74) is 0. The standard InChI is InChI=1S/C9H15ClN4O3/c10-4-6-14(13-17)9(16)12-7-3-1-2-5-11-8(7)15/h7H,1-6H2,(H,11,15)(H,12,16)/t7-/m0/s1. The zero-order chi connectivity index (χ0) is 12.7. The van der Waals surface area contributed by atoms with E-state index in [1.54, 1.807) is 0 Å². The van der Waals surface area contributed by atoms with Crippen LogP contribution in [0.4, 0.5) is 4.79 Å². The third-order valence-corrected chi connectivity index (χ3v) is 2.63. The fraction of sp³-hybridized carbons (Fsp3) is 0.778. The van der Waals surface area contributed by atoms with Gasteiger partial charge in [0.05, 0.1) is 11.8 Å². The first-order valence-electron chi connectivity index (χ1n) is 5.44. The molecule has 0 unspecified atom stereocenters. The van der Waals surface area contributed by atoms with E-state index in [0.29, 0.717) is 18.0 Å². The zero-order valence-corrected chi connectivity index (χ0v) is 10.1. The molecule has 0 aliphatic carbocycles. The Hall–Kier alpha value is -1.37. The second-order valence-corrected chi connectivity index (χ2v) is 4.06. The van der Waals surface area contributed by atoms with Crippen LogP contribution in [-0.2, 0) is 4.79 Å². The van der Waals surface area contributed by atoms with Gasteiger partial charge in [-0.2, -0.15) is 5.01 Å². The minimum Gasteiger partial charge on any atom is -0.354 e. The molecule has 1 heterocycles. The second kappa shape index (κ2) is 7.05. The number of nitrogens with one attached hydrogen (secondary N) is 2. The average Bonchev–Trinajstić information content (AvgIpc) is 2.52. The fourth-order valence-electron chi connectivity index (χ4n) is 1.56. The predicted molar refractivity (Wildman–Crippen MR) is 62.4 cm³/mol. The lowest BCUT2D eigenvalue weighted by molar-refractivity contribution is -0.122. The van der Waals surface area contributed by atoms with Crippen LogP contribution in [0.5, 0.6) is 0 Å². The van der Waals surface area contributed by atoms with E-state index in [-0.39, 0.29) is 18.3 Å². The van der Waals surface area contributed by atoms with E-state index >= 15 is 0 Å². The average molecular weight is 263 g/mol. The van der Waals surface area contributed by atoms with Crippen molar-refractivity contribution in [2.24, 2.45) is 5.29 Å². The van der Waals surface area contributed by atoms with E-state index in [4.69, 9.17) is 11.6 Å². The summed E-state index contributed by atoms with van der Waals surface area (Å²) in [6.45, 7) is 0.633. The highest BCUT2D eigenvalue weighted by atomic mass is 35.5. The second-order valence-electron chi connectivity index (χ2n) is 3.68. The minimum atomic E-state index is -0.692. The lowest BCUT2D eigenvalue weighted by Crippen LogP contribution is -2.49. The first-order chi connectivity index (χ1) is 8.19. The van der Waals surface area contributed by atoms with Crippen molar-refractivity contribution in [2.45, 2.75) is 25.3 Å². The topological polar surface area (TPSA) is 90.9 Å². The molecule has 0 bridgehead atoms. The molecule has 1 atom stereocenters. The van der Waals surface area contributed by atoms with Crippen molar-refractivity contribution in [3.8, 4) is 0 Å². The highest BCUT2D eigenvalue weighted by molar-refractivity contribution is 6.18. The first-order valence-corrected chi connectivity index (χ1v) is 5.97. The van der Waals surface area contributed by atoms with Crippen molar-refractivity contribution in [2.75, 3.05) is 19.0 Å². The Bertz CT molecular complexity index is 300. The first kappa shape index (κ1) is 13.7. The summed E-state index contributed by atoms with van der Waals surface area (Å²) in [5, 5.41) is 8.37. The van der Waals surface area contributed by atoms with Crippen molar-refractivity contribution in [1.29, 1.82) is 0 Å². The molecule has 0 aromatic carbocycles. The summed E-state index contributed by atoms with van der Waals surface area (Å²) in [7, 11) is 0. The number of amides is 3. The number of halogens is 1. The molecule has 0 spiro atoms. The lowest BCUT2D eigenvalue weighted by atomic mass is 10.1. The van der Waals surface area contributed by atoms with Crippen LogP contribution in [-0.4, -0.2) is 42.0 Å². The Kier molecular flexibility index (Phi) is 5.68. The molecule has 0 aromatic heterocycles. The predicted octanol–water partition coefficient (Wildman–Crippen LogP) is 0.587.